The molecule has 0 aliphatic rings. The zero-order valence-electron chi connectivity index (χ0n) is 12.0. The van der Waals surface area contributed by atoms with Crippen LogP contribution in [0, 0.1) is 0 Å². The first-order chi connectivity index (χ1) is 8.76. The first-order valence-corrected chi connectivity index (χ1v) is 7.18. The maximum absolute atomic E-state index is 11.8. The number of hydrogen-bond donors (Lipinski definition) is 1. The van der Waals surface area contributed by atoms with E-state index in [-0.39, 0.29) is 12.4 Å². The molecule has 0 aromatic heterocycles. The fourth-order valence-corrected chi connectivity index (χ4v) is 2.84. The van der Waals surface area contributed by atoms with Crippen molar-refractivity contribution < 1.29 is 9.53 Å². The first-order valence-electron chi connectivity index (χ1n) is 6.38. The fourth-order valence-electron chi connectivity index (χ4n) is 2.57. The third-order valence-corrected chi connectivity index (χ3v) is 4.44. The number of methoxy groups -OCH3 is 1. The van der Waals surface area contributed by atoms with Gasteiger partial charge in [-0.2, -0.15) is 0 Å². The number of halogens is 1. The van der Waals surface area contributed by atoms with Gasteiger partial charge in [-0.15, -0.1) is 0 Å². The summed E-state index contributed by atoms with van der Waals surface area (Å²) in [5.74, 6) is -0.233. The summed E-state index contributed by atoms with van der Waals surface area (Å²) in [4.78, 5) is 11.8. The van der Waals surface area contributed by atoms with E-state index < -0.39 is 11.0 Å². The number of benzene rings is 1. The van der Waals surface area contributed by atoms with Crippen LogP contribution >= 0.6 is 15.9 Å². The van der Waals surface area contributed by atoms with Crippen molar-refractivity contribution in [3.8, 4) is 0 Å². The molecule has 106 valence electrons. The van der Waals surface area contributed by atoms with Gasteiger partial charge in [-0.3, -0.25) is 4.79 Å². The first kappa shape index (κ1) is 16.2. The van der Waals surface area contributed by atoms with Crippen LogP contribution in [0.3, 0.4) is 0 Å². The lowest BCUT2D eigenvalue weighted by Crippen LogP contribution is -2.54. The van der Waals surface area contributed by atoms with Crippen LogP contribution in [0.5, 0.6) is 0 Å². The van der Waals surface area contributed by atoms with E-state index >= 15 is 0 Å². The number of carbonyl (C=O) groups excluding carboxylic acids is 1. The Morgan fingerprint density at radius 2 is 1.84 bits per heavy atom. The minimum absolute atomic E-state index is 0.233. The van der Waals surface area contributed by atoms with Crippen molar-refractivity contribution in [1.29, 1.82) is 0 Å². The average molecular weight is 328 g/mol. The minimum Gasteiger partial charge on any atom is -0.469 e. The topological polar surface area (TPSA) is 52.3 Å². The van der Waals surface area contributed by atoms with Gasteiger partial charge in [-0.05, 0) is 38.0 Å². The summed E-state index contributed by atoms with van der Waals surface area (Å²) in [6.07, 6.45) is 1.05. The molecule has 0 aliphatic carbocycles. The summed E-state index contributed by atoms with van der Waals surface area (Å²) in [5.41, 5.74) is 6.49. The van der Waals surface area contributed by atoms with Gasteiger partial charge in [0, 0.05) is 15.4 Å². The summed E-state index contributed by atoms with van der Waals surface area (Å²) in [6, 6.07) is 7.99. The molecule has 0 aliphatic heterocycles. The lowest BCUT2D eigenvalue weighted by atomic mass is 9.63. The van der Waals surface area contributed by atoms with Gasteiger partial charge >= 0.3 is 5.97 Å². The SMILES string of the molecule is CCC(CC(=O)OC)(c1ccc(Br)cc1)C(C)(C)N. The van der Waals surface area contributed by atoms with E-state index in [0.717, 1.165) is 16.5 Å². The van der Waals surface area contributed by atoms with Crippen molar-refractivity contribution in [2.45, 2.75) is 44.6 Å². The zero-order valence-corrected chi connectivity index (χ0v) is 13.6. The fraction of sp³-hybridized carbons (Fsp3) is 0.533. The average Bonchev–Trinajstić information content (AvgIpc) is 2.35. The molecule has 0 bridgehead atoms. The second-order valence-electron chi connectivity index (χ2n) is 5.42. The van der Waals surface area contributed by atoms with Gasteiger partial charge in [-0.1, -0.05) is 35.0 Å². The predicted molar refractivity (Wildman–Crippen MR) is 81.0 cm³/mol. The Bertz CT molecular complexity index is 436. The van der Waals surface area contributed by atoms with E-state index in [9.17, 15) is 4.79 Å². The number of nitrogens with two attached hydrogens (primary N) is 1. The monoisotopic (exact) mass is 327 g/mol. The minimum atomic E-state index is -0.524. The number of rotatable bonds is 5. The van der Waals surface area contributed by atoms with Crippen LogP contribution in [0.4, 0.5) is 0 Å². The lowest BCUT2D eigenvalue weighted by Gasteiger charge is -2.44. The van der Waals surface area contributed by atoms with Crippen molar-refractivity contribution in [2.75, 3.05) is 7.11 Å². The molecule has 0 radical (unpaired) electrons. The molecule has 0 saturated carbocycles. The Hall–Kier alpha value is -0.870. The smallest absolute Gasteiger partial charge is 0.306 e. The molecule has 1 aromatic rings. The highest BCUT2D eigenvalue weighted by atomic mass is 79.9. The molecule has 1 rings (SSSR count). The van der Waals surface area contributed by atoms with E-state index in [1.54, 1.807) is 0 Å². The van der Waals surface area contributed by atoms with Gasteiger partial charge in [0.05, 0.1) is 13.5 Å². The van der Waals surface area contributed by atoms with Crippen molar-refractivity contribution >= 4 is 21.9 Å². The molecule has 0 heterocycles. The predicted octanol–water partition coefficient (Wildman–Crippen LogP) is 3.40. The van der Waals surface area contributed by atoms with Gasteiger partial charge in [-0.25, -0.2) is 0 Å². The summed E-state index contributed by atoms with van der Waals surface area (Å²) < 4.78 is 5.85. The van der Waals surface area contributed by atoms with E-state index in [2.05, 4.69) is 22.9 Å². The van der Waals surface area contributed by atoms with E-state index in [0.29, 0.717) is 0 Å². The third kappa shape index (κ3) is 3.37. The van der Waals surface area contributed by atoms with Crippen molar-refractivity contribution in [3.63, 3.8) is 0 Å². The van der Waals surface area contributed by atoms with Gasteiger partial charge in [0.15, 0.2) is 0 Å². The number of esters is 1. The molecule has 1 aromatic carbocycles. The third-order valence-electron chi connectivity index (χ3n) is 3.91. The Morgan fingerprint density at radius 1 is 1.32 bits per heavy atom. The van der Waals surface area contributed by atoms with E-state index in [4.69, 9.17) is 10.5 Å². The van der Waals surface area contributed by atoms with Crippen LogP contribution in [0.25, 0.3) is 0 Å². The van der Waals surface area contributed by atoms with Crippen LogP contribution < -0.4 is 5.73 Å². The van der Waals surface area contributed by atoms with Gasteiger partial charge in [0.25, 0.3) is 0 Å². The highest BCUT2D eigenvalue weighted by Gasteiger charge is 2.44. The molecule has 4 heteroatoms. The largest absolute Gasteiger partial charge is 0.469 e. The normalized spacial score (nSPS) is 14.8. The molecule has 0 amide bonds. The summed E-state index contributed by atoms with van der Waals surface area (Å²) in [7, 11) is 1.41. The maximum atomic E-state index is 11.8. The molecule has 2 N–H and O–H groups in total. The Labute approximate surface area is 123 Å². The van der Waals surface area contributed by atoms with Crippen LogP contribution in [0.15, 0.2) is 28.7 Å². The van der Waals surface area contributed by atoms with Crippen molar-refractivity contribution in [2.24, 2.45) is 5.73 Å². The Kier molecular flexibility index (Phi) is 5.16. The van der Waals surface area contributed by atoms with E-state index in [1.807, 2.05) is 38.1 Å². The standard InChI is InChI=1S/C15H22BrNO2/c1-5-15(14(2,3)17,10-13(18)19-4)11-6-8-12(16)9-7-11/h6-9H,5,10,17H2,1-4H3. The van der Waals surface area contributed by atoms with Crippen molar-refractivity contribution in [1.82, 2.24) is 0 Å². The molecule has 0 spiro atoms. The molecular formula is C15H22BrNO2. The molecule has 19 heavy (non-hydrogen) atoms. The van der Waals surface area contributed by atoms with Crippen LogP contribution in [0.1, 0.15) is 39.2 Å². The molecule has 0 fully saturated rings. The zero-order chi connectivity index (χ0) is 14.7. The molecule has 3 nitrogen and oxygen atoms in total. The second-order valence-corrected chi connectivity index (χ2v) is 6.33. The molecule has 0 saturated heterocycles. The molecular weight excluding hydrogens is 306 g/mol. The van der Waals surface area contributed by atoms with Crippen LogP contribution in [0.2, 0.25) is 0 Å². The number of ether oxygens (including phenoxy) is 1. The van der Waals surface area contributed by atoms with Crippen molar-refractivity contribution in [3.05, 3.63) is 34.3 Å². The van der Waals surface area contributed by atoms with E-state index in [1.165, 1.54) is 7.11 Å². The molecule has 1 atom stereocenters. The summed E-state index contributed by atoms with van der Waals surface area (Å²) in [6.45, 7) is 5.97. The lowest BCUT2D eigenvalue weighted by molar-refractivity contribution is -0.143. The Balaban J connectivity index is 3.32. The van der Waals surface area contributed by atoms with Gasteiger partial charge in [0.1, 0.15) is 0 Å². The van der Waals surface area contributed by atoms with Crippen LogP contribution in [-0.2, 0) is 14.9 Å². The number of carbonyl (C=O) groups is 1. The summed E-state index contributed by atoms with van der Waals surface area (Å²) >= 11 is 3.43. The van der Waals surface area contributed by atoms with Gasteiger partial charge < -0.3 is 10.5 Å². The Morgan fingerprint density at radius 3 is 2.21 bits per heavy atom. The number of hydrogen-bond acceptors (Lipinski definition) is 3. The van der Waals surface area contributed by atoms with Gasteiger partial charge in [0.2, 0.25) is 0 Å². The highest BCUT2D eigenvalue weighted by molar-refractivity contribution is 9.10. The molecule has 1 unspecified atom stereocenters. The second kappa shape index (κ2) is 6.06. The van der Waals surface area contributed by atoms with Crippen LogP contribution in [-0.4, -0.2) is 18.6 Å². The maximum Gasteiger partial charge on any atom is 0.306 e. The highest BCUT2D eigenvalue weighted by Crippen LogP contribution is 2.41. The summed E-state index contributed by atoms with van der Waals surface area (Å²) in [5, 5.41) is 0. The quantitative estimate of drug-likeness (QED) is 0.843.